The third-order valence-electron chi connectivity index (χ3n) is 4.69. The monoisotopic (exact) mass is 437 g/mol. The number of esters is 1. The molecule has 27 heavy (non-hydrogen) atoms. The van der Waals surface area contributed by atoms with Gasteiger partial charge >= 0.3 is 5.97 Å². The highest BCUT2D eigenvalue weighted by Gasteiger charge is 2.26. The Balaban J connectivity index is 2.12. The number of hydrogen-bond donors (Lipinski definition) is 2. The Bertz CT molecular complexity index is 883. The number of halogens is 1. The zero-order chi connectivity index (χ0) is 19.6. The number of ether oxygens (including phenoxy) is 2. The Morgan fingerprint density at radius 1 is 1.41 bits per heavy atom. The van der Waals surface area contributed by atoms with E-state index in [9.17, 15) is 4.79 Å². The summed E-state index contributed by atoms with van der Waals surface area (Å²) in [6, 6.07) is 1.90. The lowest BCUT2D eigenvalue weighted by Gasteiger charge is -2.13. The van der Waals surface area contributed by atoms with E-state index in [1.807, 2.05) is 17.7 Å². The Labute approximate surface area is 166 Å². The molecule has 0 radical (unpaired) electrons. The second-order valence-electron chi connectivity index (χ2n) is 6.51. The highest BCUT2D eigenvalue weighted by molar-refractivity contribution is 9.10. The van der Waals surface area contributed by atoms with Crippen LogP contribution in [0.2, 0.25) is 0 Å². The van der Waals surface area contributed by atoms with Crippen LogP contribution >= 0.6 is 15.9 Å². The lowest BCUT2D eigenvalue weighted by Crippen LogP contribution is -2.23. The van der Waals surface area contributed by atoms with Crippen LogP contribution in [0.3, 0.4) is 0 Å². The summed E-state index contributed by atoms with van der Waals surface area (Å²) in [4.78, 5) is 21.3. The molecule has 0 atom stereocenters. The van der Waals surface area contributed by atoms with Crippen LogP contribution in [0.25, 0.3) is 11.0 Å². The Kier molecular flexibility index (Phi) is 5.88. The quantitative estimate of drug-likeness (QED) is 0.407. The van der Waals surface area contributed by atoms with Crippen molar-refractivity contribution in [1.29, 1.82) is 0 Å². The van der Waals surface area contributed by atoms with Crippen molar-refractivity contribution in [3.8, 4) is 5.88 Å². The molecule has 2 aromatic heterocycles. The second kappa shape index (κ2) is 8.16. The smallest absolute Gasteiger partial charge is 0.342 e. The van der Waals surface area contributed by atoms with E-state index in [1.165, 1.54) is 0 Å². The first-order valence-electron chi connectivity index (χ1n) is 8.99. The van der Waals surface area contributed by atoms with Crippen LogP contribution < -0.4 is 16.2 Å². The van der Waals surface area contributed by atoms with Crippen LogP contribution in [0.15, 0.2) is 15.5 Å². The van der Waals surface area contributed by atoms with Gasteiger partial charge in [-0.15, -0.1) is 0 Å². The minimum absolute atomic E-state index is 0.0468. The second-order valence-corrected chi connectivity index (χ2v) is 7.36. The molecule has 0 aromatic carbocycles. The van der Waals surface area contributed by atoms with Gasteiger partial charge in [-0.25, -0.2) is 14.8 Å². The Morgan fingerprint density at radius 3 is 2.74 bits per heavy atom. The fraction of sp³-hybridized carbons (Fsp3) is 0.500. The van der Waals surface area contributed by atoms with Gasteiger partial charge in [0.2, 0.25) is 5.88 Å². The van der Waals surface area contributed by atoms with E-state index < -0.39 is 5.97 Å². The summed E-state index contributed by atoms with van der Waals surface area (Å²) < 4.78 is 13.9. The molecular formula is C18H24BrN5O3. The van der Waals surface area contributed by atoms with Crippen LogP contribution in [0.5, 0.6) is 5.88 Å². The normalized spacial score (nSPS) is 14.5. The third kappa shape index (κ3) is 4.02. The zero-order valence-electron chi connectivity index (χ0n) is 15.5. The van der Waals surface area contributed by atoms with Crippen molar-refractivity contribution in [3.05, 3.63) is 21.8 Å². The standard InChI is InChI=1S/C18H24BrN5O3/c1-3-26-17(25)14-13(9-22-18(20)21)24(2)12-8-11(19)16(23-15(12)14)27-10-6-4-5-7-10/h8,10H,3-7,9H2,1-2H3,(H4,20,21,22). The van der Waals surface area contributed by atoms with E-state index in [0.717, 1.165) is 35.7 Å². The number of nitrogens with two attached hydrogens (primary N) is 2. The molecule has 1 fully saturated rings. The fourth-order valence-electron chi connectivity index (χ4n) is 3.37. The molecule has 4 N–H and O–H groups in total. The first kappa shape index (κ1) is 19.5. The van der Waals surface area contributed by atoms with Crippen molar-refractivity contribution in [2.75, 3.05) is 6.61 Å². The number of nitrogens with zero attached hydrogens (tertiary/aromatic N) is 3. The number of rotatable bonds is 6. The number of guanidine groups is 1. The molecule has 0 bridgehead atoms. The van der Waals surface area contributed by atoms with E-state index in [-0.39, 0.29) is 25.2 Å². The van der Waals surface area contributed by atoms with Gasteiger partial charge in [0.25, 0.3) is 0 Å². The van der Waals surface area contributed by atoms with Crippen molar-refractivity contribution in [3.63, 3.8) is 0 Å². The molecule has 0 unspecified atom stereocenters. The third-order valence-corrected chi connectivity index (χ3v) is 5.25. The predicted molar refractivity (Wildman–Crippen MR) is 107 cm³/mol. The number of carbonyl (C=O) groups excluding carboxylic acids is 1. The summed E-state index contributed by atoms with van der Waals surface area (Å²) in [5.41, 5.74) is 13.2. The SMILES string of the molecule is CCOC(=O)c1c(CN=C(N)N)n(C)c2cc(Br)c(OC3CCCC3)nc12. The fourth-order valence-corrected chi connectivity index (χ4v) is 3.77. The average Bonchev–Trinajstić information content (AvgIpc) is 3.21. The van der Waals surface area contributed by atoms with Gasteiger partial charge in [-0.2, -0.15) is 0 Å². The molecule has 2 heterocycles. The maximum atomic E-state index is 12.6. The van der Waals surface area contributed by atoms with Crippen LogP contribution in [0.4, 0.5) is 0 Å². The molecule has 2 aromatic rings. The van der Waals surface area contributed by atoms with Gasteiger partial charge in [0.05, 0.1) is 28.8 Å². The molecule has 0 aliphatic heterocycles. The number of pyridine rings is 1. The zero-order valence-corrected chi connectivity index (χ0v) is 17.1. The van der Waals surface area contributed by atoms with E-state index in [1.54, 1.807) is 6.92 Å². The molecule has 146 valence electrons. The molecule has 1 saturated carbocycles. The van der Waals surface area contributed by atoms with Crippen molar-refractivity contribution in [2.45, 2.75) is 45.3 Å². The topological polar surface area (TPSA) is 118 Å². The number of fused-ring (bicyclic) bond motifs is 1. The number of aryl methyl sites for hydroxylation is 1. The van der Waals surface area contributed by atoms with Gasteiger partial charge in [0.1, 0.15) is 17.2 Å². The van der Waals surface area contributed by atoms with Gasteiger partial charge in [-0.1, -0.05) is 0 Å². The number of aliphatic imine (C=N–C) groups is 1. The molecule has 0 saturated heterocycles. The minimum Gasteiger partial charge on any atom is -0.474 e. The molecule has 1 aliphatic carbocycles. The van der Waals surface area contributed by atoms with E-state index >= 15 is 0 Å². The van der Waals surface area contributed by atoms with Gasteiger partial charge in [0, 0.05) is 7.05 Å². The molecule has 0 amide bonds. The molecule has 1 aliphatic rings. The highest BCUT2D eigenvalue weighted by Crippen LogP contribution is 2.34. The molecule has 9 heteroatoms. The summed E-state index contributed by atoms with van der Waals surface area (Å²) in [6.07, 6.45) is 4.50. The molecule has 8 nitrogen and oxygen atoms in total. The van der Waals surface area contributed by atoms with Crippen molar-refractivity contribution in [2.24, 2.45) is 23.5 Å². The van der Waals surface area contributed by atoms with E-state index in [4.69, 9.17) is 20.9 Å². The summed E-state index contributed by atoms with van der Waals surface area (Å²) in [5.74, 6) is -0.0149. The van der Waals surface area contributed by atoms with Crippen molar-refractivity contribution >= 4 is 38.9 Å². The highest BCUT2D eigenvalue weighted by atomic mass is 79.9. The van der Waals surface area contributed by atoms with Crippen LogP contribution in [-0.4, -0.2) is 34.2 Å². The number of hydrogen-bond acceptors (Lipinski definition) is 5. The van der Waals surface area contributed by atoms with Crippen molar-refractivity contribution < 1.29 is 14.3 Å². The van der Waals surface area contributed by atoms with Crippen LogP contribution in [-0.2, 0) is 18.3 Å². The van der Waals surface area contributed by atoms with Crippen molar-refractivity contribution in [1.82, 2.24) is 9.55 Å². The van der Waals surface area contributed by atoms with Gasteiger partial charge in [-0.3, -0.25) is 0 Å². The van der Waals surface area contributed by atoms with Crippen LogP contribution in [0, 0.1) is 0 Å². The summed E-state index contributed by atoms with van der Waals surface area (Å²) in [5, 5.41) is 0. The maximum Gasteiger partial charge on any atom is 0.342 e. The lowest BCUT2D eigenvalue weighted by atomic mass is 10.2. The Hall–Kier alpha value is -2.29. The largest absolute Gasteiger partial charge is 0.474 e. The van der Waals surface area contributed by atoms with Gasteiger partial charge < -0.3 is 25.5 Å². The van der Waals surface area contributed by atoms with Gasteiger partial charge in [-0.05, 0) is 54.6 Å². The summed E-state index contributed by atoms with van der Waals surface area (Å²) >= 11 is 3.54. The van der Waals surface area contributed by atoms with Gasteiger partial charge in [0.15, 0.2) is 5.96 Å². The summed E-state index contributed by atoms with van der Waals surface area (Å²) in [7, 11) is 1.84. The van der Waals surface area contributed by atoms with E-state index in [0.29, 0.717) is 22.7 Å². The molecular weight excluding hydrogens is 414 g/mol. The molecule has 0 spiro atoms. The predicted octanol–water partition coefficient (Wildman–Crippen LogP) is 2.61. The number of aromatic nitrogens is 2. The number of carbonyl (C=O) groups is 1. The Morgan fingerprint density at radius 2 is 2.11 bits per heavy atom. The first-order valence-corrected chi connectivity index (χ1v) is 9.78. The van der Waals surface area contributed by atoms with E-state index in [2.05, 4.69) is 25.9 Å². The molecule has 3 rings (SSSR count). The maximum absolute atomic E-state index is 12.6. The van der Waals surface area contributed by atoms with Crippen LogP contribution in [0.1, 0.15) is 48.7 Å². The first-order chi connectivity index (χ1) is 12.9. The minimum atomic E-state index is -0.453. The lowest BCUT2D eigenvalue weighted by molar-refractivity contribution is 0.0527. The summed E-state index contributed by atoms with van der Waals surface area (Å²) in [6.45, 7) is 2.18. The average molecular weight is 438 g/mol.